The smallest absolute Gasteiger partial charge is 0.339 e. The van der Waals surface area contributed by atoms with Gasteiger partial charge in [-0.05, 0) is 43.2 Å². The van der Waals surface area contributed by atoms with Gasteiger partial charge in [0.15, 0.2) is 11.5 Å². The number of hydrogen-bond acceptors (Lipinski definition) is 6. The minimum absolute atomic E-state index is 0.207. The molecule has 0 N–H and O–H groups in total. The summed E-state index contributed by atoms with van der Waals surface area (Å²) in [7, 11) is 0.0699. The second-order valence-electron chi connectivity index (χ2n) is 9.78. The molecule has 0 saturated carbocycles. The zero-order chi connectivity index (χ0) is 24.5. The van der Waals surface area contributed by atoms with Gasteiger partial charge in [0.05, 0.1) is 24.1 Å². The Kier molecular flexibility index (Phi) is 6.99. The average Bonchev–Trinajstić information content (AvgIpc) is 3.41. The minimum atomic E-state index is -1.24. The Labute approximate surface area is 198 Å². The predicted molar refractivity (Wildman–Crippen MR) is 129 cm³/mol. The maximum Gasteiger partial charge on any atom is 0.339 e. The van der Waals surface area contributed by atoms with Crippen LogP contribution < -0.4 is 4.90 Å². The van der Waals surface area contributed by atoms with E-state index in [1.54, 1.807) is 10.7 Å². The molecular weight excluding hydrogens is 458 g/mol. The first-order valence-corrected chi connectivity index (χ1v) is 15.1. The lowest BCUT2D eigenvalue weighted by atomic mass is 10.0. The fourth-order valence-electron chi connectivity index (χ4n) is 4.22. The third kappa shape index (κ3) is 5.12. The predicted octanol–water partition coefficient (Wildman–Crippen LogP) is 5.15. The van der Waals surface area contributed by atoms with Crippen LogP contribution in [0.15, 0.2) is 30.5 Å². The number of methoxy groups -OCH3 is 1. The first-order valence-electron chi connectivity index (χ1n) is 11.4. The summed E-state index contributed by atoms with van der Waals surface area (Å²) in [5.74, 6) is -0.879. The number of benzene rings is 1. The Bertz CT molecular complexity index is 1190. The van der Waals surface area contributed by atoms with Crippen LogP contribution in [0.3, 0.4) is 0 Å². The van der Waals surface area contributed by atoms with Crippen LogP contribution >= 0.6 is 0 Å². The van der Waals surface area contributed by atoms with Gasteiger partial charge in [0.2, 0.25) is 0 Å². The fourth-order valence-corrected chi connectivity index (χ4v) is 4.97. The fraction of sp³-hybridized carbons (Fsp3) is 0.458. The molecule has 4 rings (SSSR count). The number of nitrogens with zero attached hydrogens (tertiary/aromatic N) is 4. The average molecular weight is 489 g/mol. The van der Waals surface area contributed by atoms with Gasteiger partial charge in [0.25, 0.3) is 0 Å². The molecule has 182 valence electrons. The van der Waals surface area contributed by atoms with E-state index in [0.717, 1.165) is 24.6 Å². The third-order valence-electron chi connectivity index (χ3n) is 6.04. The van der Waals surface area contributed by atoms with Gasteiger partial charge < -0.3 is 14.4 Å². The lowest BCUT2D eigenvalue weighted by molar-refractivity contribution is 0.0600. The summed E-state index contributed by atoms with van der Waals surface area (Å²) in [5.41, 5.74) is 1.15. The van der Waals surface area contributed by atoms with Crippen molar-refractivity contribution in [2.24, 2.45) is 0 Å². The molecule has 1 atom stereocenters. The highest BCUT2D eigenvalue weighted by molar-refractivity contribution is 6.76. The molecule has 1 aromatic carbocycles. The molecule has 3 heterocycles. The number of fused-ring (bicyclic) bond motifs is 1. The van der Waals surface area contributed by atoms with Gasteiger partial charge in [-0.1, -0.05) is 19.6 Å². The van der Waals surface area contributed by atoms with Gasteiger partial charge >= 0.3 is 5.97 Å². The monoisotopic (exact) mass is 488 g/mol. The van der Waals surface area contributed by atoms with Crippen LogP contribution in [-0.4, -0.2) is 49.1 Å². The van der Waals surface area contributed by atoms with Crippen LogP contribution in [-0.2, 0) is 16.2 Å². The van der Waals surface area contributed by atoms with Crippen molar-refractivity contribution in [1.82, 2.24) is 14.8 Å². The van der Waals surface area contributed by atoms with Crippen molar-refractivity contribution in [2.75, 3.05) is 25.2 Å². The summed E-state index contributed by atoms with van der Waals surface area (Å²) >= 11 is 0. The van der Waals surface area contributed by atoms with E-state index in [1.807, 2.05) is 4.90 Å². The molecule has 1 saturated heterocycles. The van der Waals surface area contributed by atoms with Crippen LogP contribution in [0.2, 0.25) is 25.7 Å². The number of anilines is 1. The number of hydrogen-bond donors (Lipinski definition) is 0. The summed E-state index contributed by atoms with van der Waals surface area (Å²) in [4.78, 5) is 18.6. The van der Waals surface area contributed by atoms with E-state index in [2.05, 4.69) is 24.6 Å². The van der Waals surface area contributed by atoms with Crippen LogP contribution in [0.5, 0.6) is 0 Å². The quantitative estimate of drug-likeness (QED) is 0.248. The third-order valence-corrected chi connectivity index (χ3v) is 7.74. The van der Waals surface area contributed by atoms with Gasteiger partial charge in [0, 0.05) is 33.0 Å². The normalized spacial score (nSPS) is 16.4. The van der Waals surface area contributed by atoms with Crippen LogP contribution in [0.25, 0.3) is 11.0 Å². The molecule has 1 fully saturated rings. The van der Waals surface area contributed by atoms with Crippen LogP contribution in [0, 0.1) is 11.6 Å². The molecule has 2 aromatic heterocycles. The summed E-state index contributed by atoms with van der Waals surface area (Å²) in [6, 6.07) is 5.85. The molecule has 34 heavy (non-hydrogen) atoms. The largest absolute Gasteiger partial charge is 0.465 e. The maximum atomic E-state index is 14.6. The highest BCUT2D eigenvalue weighted by atomic mass is 28.3. The lowest BCUT2D eigenvalue weighted by Gasteiger charge is -2.25. The highest BCUT2D eigenvalue weighted by Gasteiger charge is 2.32. The first kappa shape index (κ1) is 24.3. The number of carbonyl (C=O) groups is 1. The zero-order valence-electron chi connectivity index (χ0n) is 20.0. The molecule has 1 aliphatic rings. The Morgan fingerprint density at radius 3 is 2.76 bits per heavy atom. The SMILES string of the molecule is COC(=O)c1cnc2c(c1)c(N1CCC[C@@H]1c1cc(F)ccc1F)nn2COCC[Si](C)(C)C. The molecule has 7 nitrogen and oxygen atoms in total. The topological polar surface area (TPSA) is 69.5 Å². The van der Waals surface area contributed by atoms with Gasteiger partial charge in [0.1, 0.15) is 18.4 Å². The van der Waals surface area contributed by atoms with Crippen molar-refractivity contribution in [3.8, 4) is 0 Å². The molecule has 0 bridgehead atoms. The molecule has 0 amide bonds. The number of pyridine rings is 1. The zero-order valence-corrected chi connectivity index (χ0v) is 21.0. The minimum Gasteiger partial charge on any atom is -0.465 e. The second kappa shape index (κ2) is 9.79. The van der Waals surface area contributed by atoms with E-state index in [9.17, 15) is 13.6 Å². The van der Waals surface area contributed by atoms with E-state index in [0.29, 0.717) is 47.6 Å². The van der Waals surface area contributed by atoms with E-state index >= 15 is 0 Å². The van der Waals surface area contributed by atoms with Gasteiger partial charge in [-0.15, -0.1) is 0 Å². The maximum absolute atomic E-state index is 14.6. The molecule has 10 heteroatoms. The molecule has 0 aliphatic carbocycles. The van der Waals surface area contributed by atoms with Gasteiger partial charge in [-0.3, -0.25) is 0 Å². The van der Waals surface area contributed by atoms with E-state index in [1.165, 1.54) is 19.4 Å². The Balaban J connectivity index is 1.72. The van der Waals surface area contributed by atoms with E-state index < -0.39 is 25.7 Å². The Hall–Kier alpha value is -2.85. The van der Waals surface area contributed by atoms with Crippen molar-refractivity contribution in [3.05, 3.63) is 53.2 Å². The van der Waals surface area contributed by atoms with Crippen molar-refractivity contribution in [2.45, 2.75) is 51.3 Å². The highest BCUT2D eigenvalue weighted by Crippen LogP contribution is 2.39. The molecule has 0 radical (unpaired) electrons. The number of ether oxygens (including phenoxy) is 2. The van der Waals surface area contributed by atoms with Gasteiger partial charge in [-0.2, -0.15) is 5.10 Å². The molecule has 0 unspecified atom stereocenters. The summed E-state index contributed by atoms with van der Waals surface area (Å²) < 4.78 is 41.0. The molecule has 0 spiro atoms. The van der Waals surface area contributed by atoms with Crippen molar-refractivity contribution >= 4 is 30.9 Å². The van der Waals surface area contributed by atoms with Gasteiger partial charge in [-0.25, -0.2) is 23.2 Å². The number of carbonyl (C=O) groups excluding carboxylic acids is 1. The van der Waals surface area contributed by atoms with Crippen LogP contribution in [0.1, 0.15) is 34.8 Å². The molecule has 3 aromatic rings. The van der Waals surface area contributed by atoms with E-state index in [-0.39, 0.29) is 12.8 Å². The Morgan fingerprint density at radius 1 is 1.24 bits per heavy atom. The van der Waals surface area contributed by atoms with Crippen molar-refractivity contribution in [3.63, 3.8) is 0 Å². The molecule has 1 aliphatic heterocycles. The summed E-state index contributed by atoms with van der Waals surface area (Å²) in [5, 5.41) is 5.40. The number of esters is 1. The summed E-state index contributed by atoms with van der Waals surface area (Å²) in [6.07, 6.45) is 2.91. The number of aromatic nitrogens is 3. The van der Waals surface area contributed by atoms with Crippen molar-refractivity contribution in [1.29, 1.82) is 0 Å². The molecular formula is C24H30F2N4O3Si. The first-order chi connectivity index (χ1) is 16.2. The van der Waals surface area contributed by atoms with Crippen molar-refractivity contribution < 1.29 is 23.0 Å². The summed E-state index contributed by atoms with van der Waals surface area (Å²) in [6.45, 7) is 8.30. The standard InChI is InChI=1S/C24H30F2N4O3Si/c1-32-24(31)16-12-19-22(27-14-16)30(15-33-10-11-34(2,3)4)28-23(19)29-9-5-6-21(29)18-13-17(25)7-8-20(18)26/h7-8,12-14,21H,5-6,9-11,15H2,1-4H3/t21-/m1/s1. The Morgan fingerprint density at radius 2 is 2.03 bits per heavy atom. The van der Waals surface area contributed by atoms with Crippen LogP contribution in [0.4, 0.5) is 14.6 Å². The number of rotatable bonds is 8. The number of halogens is 2. The van der Waals surface area contributed by atoms with E-state index in [4.69, 9.17) is 14.6 Å². The second-order valence-corrected chi connectivity index (χ2v) is 15.4. The lowest BCUT2D eigenvalue weighted by Crippen LogP contribution is -2.24.